The first-order chi connectivity index (χ1) is 11.6. The Balaban J connectivity index is 2.41. The predicted molar refractivity (Wildman–Crippen MR) is 94.2 cm³/mol. The Morgan fingerprint density at radius 2 is 2.00 bits per heavy atom. The van der Waals surface area contributed by atoms with Crippen LogP contribution in [0.15, 0.2) is 29.1 Å². The molecule has 1 amide bonds. The molecular weight excluding hydrogens is 306 g/mol. The van der Waals surface area contributed by atoms with Gasteiger partial charge in [0.25, 0.3) is 11.5 Å². The summed E-state index contributed by atoms with van der Waals surface area (Å²) in [5.41, 5.74) is 0.0909. The summed E-state index contributed by atoms with van der Waals surface area (Å²) in [5, 5.41) is 17.2. The van der Waals surface area contributed by atoms with Gasteiger partial charge in [0.1, 0.15) is 0 Å². The van der Waals surface area contributed by atoms with Crippen molar-refractivity contribution in [2.75, 3.05) is 6.61 Å². The molecule has 2 aromatic rings. The highest BCUT2D eigenvalue weighted by molar-refractivity contribution is 6.04. The van der Waals surface area contributed by atoms with E-state index in [1.165, 1.54) is 4.68 Å². The van der Waals surface area contributed by atoms with Gasteiger partial charge in [0.05, 0.1) is 5.39 Å². The average Bonchev–Trinajstić information content (AvgIpc) is 2.57. The summed E-state index contributed by atoms with van der Waals surface area (Å²) in [7, 11) is 0. The number of aliphatic hydroxyl groups excluding tert-OH is 1. The molecule has 0 aliphatic carbocycles. The van der Waals surface area contributed by atoms with Gasteiger partial charge in [-0.2, -0.15) is 5.10 Å². The summed E-state index contributed by atoms with van der Waals surface area (Å²) < 4.78 is 1.39. The van der Waals surface area contributed by atoms with E-state index in [1.807, 2.05) is 6.92 Å². The van der Waals surface area contributed by atoms with Gasteiger partial charge in [-0.15, -0.1) is 0 Å². The molecule has 0 saturated carbocycles. The van der Waals surface area contributed by atoms with E-state index in [4.69, 9.17) is 5.11 Å². The number of nitrogens with one attached hydrogen (secondary N) is 1. The Morgan fingerprint density at radius 3 is 2.67 bits per heavy atom. The van der Waals surface area contributed by atoms with Crippen LogP contribution < -0.4 is 10.9 Å². The van der Waals surface area contributed by atoms with Crippen molar-refractivity contribution in [2.24, 2.45) is 0 Å². The summed E-state index contributed by atoms with van der Waals surface area (Å²) in [4.78, 5) is 25.1. The lowest BCUT2D eigenvalue weighted by molar-refractivity contribution is 0.0928. The topological polar surface area (TPSA) is 84.2 Å². The molecule has 6 heteroatoms. The normalized spacial score (nSPS) is 12.3. The molecule has 0 aliphatic rings. The van der Waals surface area contributed by atoms with Crippen molar-refractivity contribution in [2.45, 2.75) is 52.1 Å². The summed E-state index contributed by atoms with van der Waals surface area (Å²) >= 11 is 0. The maximum atomic E-state index is 12.6. The molecule has 1 atom stereocenters. The molecule has 0 aliphatic heterocycles. The summed E-state index contributed by atoms with van der Waals surface area (Å²) in [6, 6.07) is 6.88. The number of hydrogen-bond donors (Lipinski definition) is 2. The molecule has 1 unspecified atom stereocenters. The van der Waals surface area contributed by atoms with Crippen LogP contribution in [-0.4, -0.2) is 33.4 Å². The highest BCUT2D eigenvalue weighted by Crippen LogP contribution is 2.14. The molecule has 2 rings (SSSR count). The van der Waals surface area contributed by atoms with Crippen LogP contribution in [0.5, 0.6) is 0 Å². The Bertz CT molecular complexity index is 755. The number of fused-ring (bicyclic) bond motifs is 1. The van der Waals surface area contributed by atoms with Crippen LogP contribution in [-0.2, 0) is 6.54 Å². The molecule has 24 heavy (non-hydrogen) atoms. The smallest absolute Gasteiger partial charge is 0.274 e. The van der Waals surface area contributed by atoms with Crippen LogP contribution in [0, 0.1) is 0 Å². The number of nitrogens with zero attached hydrogens (tertiary/aromatic N) is 2. The van der Waals surface area contributed by atoms with Crippen LogP contribution in [0.1, 0.15) is 50.0 Å². The monoisotopic (exact) mass is 331 g/mol. The van der Waals surface area contributed by atoms with Crippen molar-refractivity contribution in [1.82, 2.24) is 15.1 Å². The maximum Gasteiger partial charge on any atom is 0.274 e. The van der Waals surface area contributed by atoms with Crippen molar-refractivity contribution in [1.29, 1.82) is 0 Å². The number of aliphatic hydroxyl groups is 1. The molecule has 6 nitrogen and oxygen atoms in total. The molecule has 130 valence electrons. The summed E-state index contributed by atoms with van der Waals surface area (Å²) in [5.74, 6) is -0.323. The first-order valence-electron chi connectivity index (χ1n) is 8.50. The van der Waals surface area contributed by atoms with E-state index in [-0.39, 0.29) is 29.8 Å². The molecule has 1 aromatic carbocycles. The first kappa shape index (κ1) is 18.1. The van der Waals surface area contributed by atoms with Gasteiger partial charge in [-0.3, -0.25) is 9.59 Å². The zero-order valence-electron chi connectivity index (χ0n) is 14.3. The minimum atomic E-state index is -0.323. The van der Waals surface area contributed by atoms with Crippen molar-refractivity contribution < 1.29 is 9.90 Å². The number of carbonyl (C=O) groups is 1. The van der Waals surface area contributed by atoms with E-state index in [0.717, 1.165) is 19.3 Å². The molecule has 0 fully saturated rings. The molecule has 0 bridgehead atoms. The third kappa shape index (κ3) is 4.20. The van der Waals surface area contributed by atoms with E-state index in [0.29, 0.717) is 23.7 Å². The van der Waals surface area contributed by atoms with Crippen molar-refractivity contribution >= 4 is 16.7 Å². The minimum Gasteiger partial charge on any atom is -0.396 e. The fourth-order valence-electron chi connectivity index (χ4n) is 2.62. The fraction of sp³-hybridized carbons (Fsp3) is 0.500. The molecule has 2 N–H and O–H groups in total. The number of aryl methyl sites for hydroxylation is 1. The van der Waals surface area contributed by atoms with Crippen LogP contribution >= 0.6 is 0 Å². The number of carbonyl (C=O) groups excluding carboxylic acids is 1. The SMILES string of the molecule is CCCCCn1nc(C(=O)NC(C)CCO)c2ccccc2c1=O. The van der Waals surface area contributed by atoms with Gasteiger partial charge < -0.3 is 10.4 Å². The van der Waals surface area contributed by atoms with Crippen LogP contribution in [0.3, 0.4) is 0 Å². The molecular formula is C18H25N3O3. The average molecular weight is 331 g/mol. The van der Waals surface area contributed by atoms with E-state index < -0.39 is 0 Å². The molecule has 1 aromatic heterocycles. The number of hydrogen-bond acceptors (Lipinski definition) is 4. The predicted octanol–water partition coefficient (Wildman–Crippen LogP) is 2.09. The Morgan fingerprint density at radius 1 is 1.29 bits per heavy atom. The standard InChI is InChI=1S/C18H25N3O3/c1-3-4-7-11-21-18(24)15-9-6-5-8-14(15)16(20-21)17(23)19-13(2)10-12-22/h5-6,8-9,13,22H,3-4,7,10-12H2,1-2H3,(H,19,23). The Kier molecular flexibility index (Phi) is 6.49. The molecule has 0 saturated heterocycles. The second-order valence-corrected chi connectivity index (χ2v) is 6.02. The second-order valence-electron chi connectivity index (χ2n) is 6.02. The minimum absolute atomic E-state index is 0.00609. The summed E-state index contributed by atoms with van der Waals surface area (Å²) in [6.07, 6.45) is 3.38. The van der Waals surface area contributed by atoms with Crippen molar-refractivity contribution in [3.63, 3.8) is 0 Å². The molecule has 0 spiro atoms. The highest BCUT2D eigenvalue weighted by Gasteiger charge is 2.17. The van der Waals surface area contributed by atoms with Crippen molar-refractivity contribution in [3.8, 4) is 0 Å². The zero-order chi connectivity index (χ0) is 17.5. The van der Waals surface area contributed by atoms with Gasteiger partial charge in [-0.05, 0) is 25.8 Å². The second kappa shape index (κ2) is 8.59. The van der Waals surface area contributed by atoms with Gasteiger partial charge in [0.2, 0.25) is 0 Å². The largest absolute Gasteiger partial charge is 0.396 e. The van der Waals surface area contributed by atoms with Crippen LogP contribution in [0.4, 0.5) is 0 Å². The summed E-state index contributed by atoms with van der Waals surface area (Å²) in [6.45, 7) is 4.43. The number of amides is 1. The van der Waals surface area contributed by atoms with Crippen molar-refractivity contribution in [3.05, 3.63) is 40.3 Å². The highest BCUT2D eigenvalue weighted by atomic mass is 16.3. The van der Waals surface area contributed by atoms with Gasteiger partial charge in [0, 0.05) is 24.6 Å². The van der Waals surface area contributed by atoms with Gasteiger partial charge >= 0.3 is 0 Å². The maximum absolute atomic E-state index is 12.6. The lowest BCUT2D eigenvalue weighted by Gasteiger charge is -2.14. The Labute approximate surface area is 141 Å². The zero-order valence-corrected chi connectivity index (χ0v) is 14.3. The van der Waals surface area contributed by atoms with Gasteiger partial charge in [-0.1, -0.05) is 38.0 Å². The molecule has 1 heterocycles. The number of rotatable bonds is 8. The van der Waals surface area contributed by atoms with Crippen LogP contribution in [0.25, 0.3) is 10.8 Å². The number of aromatic nitrogens is 2. The lowest BCUT2D eigenvalue weighted by Crippen LogP contribution is -2.36. The number of unbranched alkanes of at least 4 members (excludes halogenated alkanes) is 2. The quantitative estimate of drug-likeness (QED) is 0.726. The first-order valence-corrected chi connectivity index (χ1v) is 8.50. The van der Waals surface area contributed by atoms with Gasteiger partial charge in [0.15, 0.2) is 5.69 Å². The van der Waals surface area contributed by atoms with Crippen LogP contribution in [0.2, 0.25) is 0 Å². The van der Waals surface area contributed by atoms with E-state index in [1.54, 1.807) is 24.3 Å². The lowest BCUT2D eigenvalue weighted by atomic mass is 10.1. The molecule has 0 radical (unpaired) electrons. The van der Waals surface area contributed by atoms with Gasteiger partial charge in [-0.25, -0.2) is 4.68 Å². The third-order valence-electron chi connectivity index (χ3n) is 4.00. The third-order valence-corrected chi connectivity index (χ3v) is 4.00. The fourth-order valence-corrected chi connectivity index (χ4v) is 2.62. The number of benzene rings is 1. The van der Waals surface area contributed by atoms with E-state index in [2.05, 4.69) is 17.3 Å². The Hall–Kier alpha value is -2.21. The van der Waals surface area contributed by atoms with E-state index in [9.17, 15) is 9.59 Å². The van der Waals surface area contributed by atoms with E-state index >= 15 is 0 Å².